The molecule has 4 heteroatoms. The molecule has 0 aliphatic heterocycles. The van der Waals surface area contributed by atoms with Crippen LogP contribution in [0.3, 0.4) is 0 Å². The molecule has 1 aromatic rings. The molecule has 0 bridgehead atoms. The molecule has 1 aromatic carbocycles. The van der Waals surface area contributed by atoms with Crippen LogP contribution in [0.25, 0.3) is 0 Å². The first-order valence-electron chi connectivity index (χ1n) is 11.4. The summed E-state index contributed by atoms with van der Waals surface area (Å²) in [4.78, 5) is 0. The van der Waals surface area contributed by atoms with E-state index >= 15 is 0 Å². The van der Waals surface area contributed by atoms with Crippen molar-refractivity contribution in [3.05, 3.63) is 41.5 Å². The predicted octanol–water partition coefficient (Wildman–Crippen LogP) is 6.65. The number of aliphatic hydroxyl groups is 1. The molecule has 0 aromatic heterocycles. The topological polar surface area (TPSA) is 20.2 Å². The lowest BCUT2D eigenvalue weighted by atomic mass is 10.1. The Labute approximate surface area is 195 Å². The van der Waals surface area contributed by atoms with Gasteiger partial charge in [0, 0.05) is 11.1 Å². The molecule has 0 saturated carbocycles. The van der Waals surface area contributed by atoms with E-state index in [0.717, 1.165) is 11.1 Å². The third-order valence-electron chi connectivity index (χ3n) is 6.23. The number of rotatable bonds is 4. The van der Waals surface area contributed by atoms with E-state index in [1.165, 1.54) is 5.19 Å². The molecule has 1 nitrogen and oxygen atoms in total. The first kappa shape index (κ1) is 27.7. The summed E-state index contributed by atoms with van der Waals surface area (Å²) in [6.07, 6.45) is 1.33. The highest BCUT2D eigenvalue weighted by Crippen LogP contribution is 2.45. The highest BCUT2D eigenvalue weighted by Gasteiger charge is 2.44. The second-order valence-corrected chi connectivity index (χ2v) is 27.8. The van der Waals surface area contributed by atoms with Gasteiger partial charge < -0.3 is 5.11 Å². The minimum atomic E-state index is -1.87. The van der Waals surface area contributed by atoms with Gasteiger partial charge in [0.25, 0.3) is 0 Å². The van der Waals surface area contributed by atoms with E-state index in [2.05, 4.69) is 121 Å². The van der Waals surface area contributed by atoms with Gasteiger partial charge in [-0.3, -0.25) is 0 Å². The zero-order valence-corrected chi connectivity index (χ0v) is 25.0. The maximum absolute atomic E-state index is 11.2. The maximum Gasteiger partial charge on any atom is 0.129 e. The average Bonchev–Trinajstić information content (AvgIpc) is 2.57. The van der Waals surface area contributed by atoms with Crippen molar-refractivity contribution in [3.63, 3.8) is 0 Å². The molecule has 1 N–H and O–H groups in total. The SMILES string of the molecule is C/C(C#Cc1ccc([Si](C)(C)C)cc1)=C/[C@H](O)[C@@H](C#C[Si](C)(C)C)[Si](C)(C)C(C)(C)C. The first-order chi connectivity index (χ1) is 13.8. The molecule has 0 spiro atoms. The molecular formula is C27H44OSi3. The molecule has 0 aliphatic rings. The fourth-order valence-corrected chi connectivity index (χ4v) is 7.29. The van der Waals surface area contributed by atoms with Crippen LogP contribution in [0.4, 0.5) is 0 Å². The van der Waals surface area contributed by atoms with Gasteiger partial charge in [0.1, 0.15) is 8.07 Å². The zero-order chi connectivity index (χ0) is 24.3. The number of aliphatic hydroxyl groups excluding tert-OH is 1. The maximum atomic E-state index is 11.2. The van der Waals surface area contributed by atoms with Crippen LogP contribution in [0, 0.1) is 23.3 Å². The van der Waals surface area contributed by atoms with Gasteiger partial charge >= 0.3 is 0 Å². The van der Waals surface area contributed by atoms with Crippen molar-refractivity contribution < 1.29 is 5.11 Å². The van der Waals surface area contributed by atoms with E-state index in [0.29, 0.717) is 0 Å². The summed E-state index contributed by atoms with van der Waals surface area (Å²) in [5.41, 5.74) is 5.44. The smallest absolute Gasteiger partial charge is 0.129 e. The molecule has 0 heterocycles. The standard InChI is InChI=1S/C27H44OSi3/c1-22(13-14-23-15-17-24(18-16-23)30(8,9)10)21-25(28)26(19-20-29(5,6)7)31(11,12)27(2,3)4/h15-18,21,25-26,28H,1-12H3/b22-21-/t25-,26+/m0/s1. The highest BCUT2D eigenvalue weighted by atomic mass is 28.3. The van der Waals surface area contributed by atoms with E-state index in [9.17, 15) is 5.11 Å². The summed E-state index contributed by atoms with van der Waals surface area (Å²) >= 11 is 0. The van der Waals surface area contributed by atoms with Crippen molar-refractivity contribution in [2.75, 3.05) is 0 Å². The summed E-state index contributed by atoms with van der Waals surface area (Å²) in [5.74, 6) is 10.0. The van der Waals surface area contributed by atoms with Crippen LogP contribution < -0.4 is 5.19 Å². The first-order valence-corrected chi connectivity index (χ1v) is 21.4. The Morgan fingerprint density at radius 1 is 0.935 bits per heavy atom. The van der Waals surface area contributed by atoms with Gasteiger partial charge in [-0.1, -0.05) is 102 Å². The molecule has 2 atom stereocenters. The normalized spacial score (nSPS) is 15.3. The number of hydrogen-bond donors (Lipinski definition) is 1. The van der Waals surface area contributed by atoms with E-state index < -0.39 is 30.3 Å². The van der Waals surface area contributed by atoms with Crippen LogP contribution in [-0.2, 0) is 0 Å². The van der Waals surface area contributed by atoms with E-state index in [1.807, 2.05) is 13.0 Å². The lowest BCUT2D eigenvalue weighted by Gasteiger charge is -2.42. The molecule has 1 rings (SSSR count). The van der Waals surface area contributed by atoms with Gasteiger partial charge in [0.2, 0.25) is 0 Å². The summed E-state index contributed by atoms with van der Waals surface area (Å²) in [5, 5.41) is 12.8. The van der Waals surface area contributed by atoms with Crippen LogP contribution in [0.15, 0.2) is 35.9 Å². The highest BCUT2D eigenvalue weighted by molar-refractivity contribution is 6.88. The average molecular weight is 469 g/mol. The molecular weight excluding hydrogens is 425 g/mol. The Morgan fingerprint density at radius 2 is 1.45 bits per heavy atom. The van der Waals surface area contributed by atoms with Gasteiger partial charge in [-0.25, -0.2) is 0 Å². The molecule has 0 amide bonds. The van der Waals surface area contributed by atoms with Gasteiger partial charge in [0.05, 0.1) is 22.3 Å². The van der Waals surface area contributed by atoms with Crippen molar-refractivity contribution in [1.82, 2.24) is 0 Å². The third-order valence-corrected chi connectivity index (χ3v) is 15.1. The minimum absolute atomic E-state index is 0.00740. The molecule has 170 valence electrons. The summed E-state index contributed by atoms with van der Waals surface area (Å²) < 4.78 is 0. The van der Waals surface area contributed by atoms with Crippen LogP contribution in [-0.4, -0.2) is 35.4 Å². The molecule has 0 aliphatic carbocycles. The van der Waals surface area contributed by atoms with Crippen LogP contribution >= 0.6 is 0 Å². The fourth-order valence-electron chi connectivity index (χ4n) is 3.07. The van der Waals surface area contributed by atoms with E-state index in [4.69, 9.17) is 0 Å². The second-order valence-electron chi connectivity index (χ2n) is 12.4. The van der Waals surface area contributed by atoms with Crippen molar-refractivity contribution in [3.8, 4) is 23.3 Å². The second kappa shape index (κ2) is 10.1. The van der Waals surface area contributed by atoms with Gasteiger partial charge in [-0.2, -0.15) is 0 Å². The van der Waals surface area contributed by atoms with E-state index in [-0.39, 0.29) is 10.6 Å². The Bertz CT molecular complexity index is 897. The van der Waals surface area contributed by atoms with Crippen LogP contribution in [0.5, 0.6) is 0 Å². The summed E-state index contributed by atoms with van der Waals surface area (Å²) in [7, 11) is -4.67. The Hall–Kier alpha value is -1.31. The monoisotopic (exact) mass is 468 g/mol. The number of hydrogen-bond acceptors (Lipinski definition) is 1. The molecule has 0 radical (unpaired) electrons. The summed E-state index contributed by atoms with van der Waals surface area (Å²) in [6.45, 7) is 27.4. The van der Waals surface area contributed by atoms with E-state index in [1.54, 1.807) is 0 Å². The van der Waals surface area contributed by atoms with Gasteiger partial charge in [-0.05, 0) is 35.7 Å². The lowest BCUT2D eigenvalue weighted by Crippen LogP contribution is -2.46. The fraction of sp³-hybridized carbons (Fsp3) is 0.556. The molecule has 31 heavy (non-hydrogen) atoms. The number of benzene rings is 1. The Balaban J connectivity index is 3.20. The van der Waals surface area contributed by atoms with Crippen molar-refractivity contribution >= 4 is 29.4 Å². The molecule has 0 unspecified atom stereocenters. The van der Waals surface area contributed by atoms with Crippen LogP contribution in [0.1, 0.15) is 33.3 Å². The van der Waals surface area contributed by atoms with Crippen molar-refractivity contribution in [2.45, 2.75) is 96.8 Å². The van der Waals surface area contributed by atoms with Gasteiger partial charge in [-0.15, -0.1) is 11.5 Å². The third kappa shape index (κ3) is 8.62. The van der Waals surface area contributed by atoms with Crippen LogP contribution in [0.2, 0.25) is 63.0 Å². The zero-order valence-electron chi connectivity index (χ0n) is 22.0. The molecule has 0 fully saturated rings. The Morgan fingerprint density at radius 3 is 1.87 bits per heavy atom. The minimum Gasteiger partial charge on any atom is -0.388 e. The van der Waals surface area contributed by atoms with Crippen molar-refractivity contribution in [2.24, 2.45) is 0 Å². The lowest BCUT2D eigenvalue weighted by molar-refractivity contribution is 0.224. The Kier molecular flexibility index (Phi) is 9.02. The van der Waals surface area contributed by atoms with Crippen molar-refractivity contribution in [1.29, 1.82) is 0 Å². The largest absolute Gasteiger partial charge is 0.388 e. The predicted molar refractivity (Wildman–Crippen MR) is 148 cm³/mol. The van der Waals surface area contributed by atoms with Gasteiger partial charge in [0.15, 0.2) is 0 Å². The quantitative estimate of drug-likeness (QED) is 0.387. The number of allylic oxidation sites excluding steroid dienone is 1. The summed E-state index contributed by atoms with van der Waals surface area (Å²) in [6, 6.07) is 8.65. The molecule has 0 saturated heterocycles.